The number of H-pyrrole nitrogens is 1. The summed E-state index contributed by atoms with van der Waals surface area (Å²) in [5.74, 6) is -2.37. The zero-order chi connectivity index (χ0) is 12.9. The van der Waals surface area contributed by atoms with E-state index in [4.69, 9.17) is 5.11 Å². The van der Waals surface area contributed by atoms with Crippen molar-refractivity contribution in [2.24, 2.45) is 5.92 Å². The molecular weight excluding hydrogens is 244 g/mol. The quantitative estimate of drug-likeness (QED) is 0.633. The number of nitrogens with one attached hydrogen (secondary N) is 2. The molecular formula is C10H16N2O4S. The maximum atomic E-state index is 11.0. The third-order valence-corrected chi connectivity index (χ3v) is 3.23. The minimum atomic E-state index is -3.28. The molecule has 17 heavy (non-hydrogen) atoms. The van der Waals surface area contributed by atoms with E-state index in [1.165, 1.54) is 0 Å². The van der Waals surface area contributed by atoms with E-state index in [9.17, 15) is 13.2 Å². The van der Waals surface area contributed by atoms with Gasteiger partial charge in [-0.25, -0.2) is 8.42 Å². The van der Waals surface area contributed by atoms with E-state index in [0.29, 0.717) is 6.54 Å². The van der Waals surface area contributed by atoms with Gasteiger partial charge in [0.2, 0.25) is 0 Å². The number of hydrogen-bond acceptors (Lipinski definition) is 4. The second-order valence-electron chi connectivity index (χ2n) is 3.95. The highest BCUT2D eigenvalue weighted by Crippen LogP contribution is 2.01. The van der Waals surface area contributed by atoms with E-state index in [1.54, 1.807) is 6.20 Å². The van der Waals surface area contributed by atoms with E-state index in [-0.39, 0.29) is 12.3 Å². The molecule has 0 fully saturated rings. The van der Waals surface area contributed by atoms with Gasteiger partial charge in [0, 0.05) is 31.2 Å². The summed E-state index contributed by atoms with van der Waals surface area (Å²) >= 11 is 0. The first-order valence-electron chi connectivity index (χ1n) is 5.12. The first-order valence-corrected chi connectivity index (χ1v) is 7.18. The summed E-state index contributed by atoms with van der Waals surface area (Å²) in [5.41, 5.74) is 0.925. The molecule has 3 N–H and O–H groups in total. The summed E-state index contributed by atoms with van der Waals surface area (Å²) in [5, 5.41) is 11.8. The maximum Gasteiger partial charge on any atom is 0.308 e. The van der Waals surface area contributed by atoms with Crippen molar-refractivity contribution in [1.82, 2.24) is 10.3 Å². The number of rotatable bonds is 7. The molecule has 0 aromatic carbocycles. The Morgan fingerprint density at radius 2 is 2.29 bits per heavy atom. The zero-order valence-electron chi connectivity index (χ0n) is 9.51. The molecule has 0 radical (unpaired) electrons. The van der Waals surface area contributed by atoms with E-state index in [1.807, 2.05) is 12.1 Å². The molecule has 0 aliphatic heterocycles. The van der Waals surface area contributed by atoms with Gasteiger partial charge in [0.05, 0.1) is 11.7 Å². The lowest BCUT2D eigenvalue weighted by Crippen LogP contribution is -2.33. The number of hydrogen-bond donors (Lipinski definition) is 3. The van der Waals surface area contributed by atoms with Gasteiger partial charge in [0.25, 0.3) is 0 Å². The summed E-state index contributed by atoms with van der Waals surface area (Å²) in [7, 11) is -3.28. The Labute approximate surface area is 100.0 Å². The van der Waals surface area contributed by atoms with Crippen molar-refractivity contribution >= 4 is 15.8 Å². The monoisotopic (exact) mass is 260 g/mol. The summed E-state index contributed by atoms with van der Waals surface area (Å²) in [6.45, 7) is 0.613. The van der Waals surface area contributed by atoms with Gasteiger partial charge in [0.1, 0.15) is 9.84 Å². The average Bonchev–Trinajstić information content (AvgIpc) is 2.67. The van der Waals surface area contributed by atoms with Crippen LogP contribution in [0, 0.1) is 5.92 Å². The number of aliphatic carboxylic acids is 1. The Balaban J connectivity index is 2.42. The second kappa shape index (κ2) is 5.83. The molecule has 1 atom stereocenters. The molecule has 96 valence electrons. The molecule has 0 spiro atoms. The second-order valence-corrected chi connectivity index (χ2v) is 6.14. The van der Waals surface area contributed by atoms with Crippen molar-refractivity contribution in [3.63, 3.8) is 0 Å². The van der Waals surface area contributed by atoms with Crippen LogP contribution in [-0.2, 0) is 21.2 Å². The Kier molecular flexibility index (Phi) is 4.71. The van der Waals surface area contributed by atoms with Gasteiger partial charge in [-0.05, 0) is 12.1 Å². The number of carbonyl (C=O) groups is 1. The topological polar surface area (TPSA) is 99.3 Å². The van der Waals surface area contributed by atoms with Crippen LogP contribution in [0.1, 0.15) is 5.69 Å². The summed E-state index contributed by atoms with van der Waals surface area (Å²) in [6, 6.07) is 3.70. The molecule has 0 aliphatic rings. The summed E-state index contributed by atoms with van der Waals surface area (Å²) in [6.07, 6.45) is 2.80. The molecule has 1 rings (SSSR count). The Morgan fingerprint density at radius 3 is 2.76 bits per heavy atom. The SMILES string of the molecule is CS(=O)(=O)CC(CNCc1ccc[nH]1)C(=O)O. The number of aromatic nitrogens is 1. The van der Waals surface area contributed by atoms with Gasteiger partial charge in [-0.3, -0.25) is 4.79 Å². The van der Waals surface area contributed by atoms with Crippen LogP contribution >= 0.6 is 0 Å². The lowest BCUT2D eigenvalue weighted by atomic mass is 10.2. The first kappa shape index (κ1) is 13.7. The molecule has 7 heteroatoms. The van der Waals surface area contributed by atoms with Crippen LogP contribution in [0.3, 0.4) is 0 Å². The van der Waals surface area contributed by atoms with Crippen molar-refractivity contribution in [3.8, 4) is 0 Å². The minimum Gasteiger partial charge on any atom is -0.481 e. The summed E-state index contributed by atoms with van der Waals surface area (Å²) in [4.78, 5) is 13.8. The van der Waals surface area contributed by atoms with Crippen LogP contribution in [0.5, 0.6) is 0 Å². The highest BCUT2D eigenvalue weighted by molar-refractivity contribution is 7.90. The third kappa shape index (κ3) is 5.50. The molecule has 1 aromatic rings. The highest BCUT2D eigenvalue weighted by atomic mass is 32.2. The fourth-order valence-electron chi connectivity index (χ4n) is 1.44. The summed E-state index contributed by atoms with van der Waals surface area (Å²) < 4.78 is 22.1. The lowest BCUT2D eigenvalue weighted by Gasteiger charge is -2.11. The van der Waals surface area contributed by atoms with Crippen molar-refractivity contribution in [1.29, 1.82) is 0 Å². The van der Waals surface area contributed by atoms with E-state index >= 15 is 0 Å². The van der Waals surface area contributed by atoms with Crippen molar-refractivity contribution in [2.75, 3.05) is 18.6 Å². The number of carboxylic acid groups (broad SMARTS) is 1. The standard InChI is InChI=1S/C10H16N2O4S/c1-17(15,16)7-8(10(13)14)5-11-6-9-3-2-4-12-9/h2-4,8,11-12H,5-7H2,1H3,(H,13,14). The van der Waals surface area contributed by atoms with Gasteiger partial charge >= 0.3 is 5.97 Å². The smallest absolute Gasteiger partial charge is 0.308 e. The Hall–Kier alpha value is -1.34. The number of sulfone groups is 1. The predicted molar refractivity (Wildman–Crippen MR) is 63.3 cm³/mol. The van der Waals surface area contributed by atoms with Crippen LogP contribution in [0.4, 0.5) is 0 Å². The largest absolute Gasteiger partial charge is 0.481 e. The fraction of sp³-hybridized carbons (Fsp3) is 0.500. The van der Waals surface area contributed by atoms with Crippen LogP contribution in [0.2, 0.25) is 0 Å². The highest BCUT2D eigenvalue weighted by Gasteiger charge is 2.22. The number of carboxylic acids is 1. The van der Waals surface area contributed by atoms with Crippen LogP contribution in [0.15, 0.2) is 18.3 Å². The van der Waals surface area contributed by atoms with Crippen LogP contribution < -0.4 is 5.32 Å². The molecule has 1 heterocycles. The van der Waals surface area contributed by atoms with E-state index in [2.05, 4.69) is 10.3 Å². The lowest BCUT2D eigenvalue weighted by molar-refractivity contribution is -0.140. The predicted octanol–water partition coefficient (Wildman–Crippen LogP) is -0.150. The van der Waals surface area contributed by atoms with Crippen LogP contribution in [0.25, 0.3) is 0 Å². The van der Waals surface area contributed by atoms with Crippen molar-refractivity contribution in [3.05, 3.63) is 24.0 Å². The maximum absolute atomic E-state index is 11.0. The van der Waals surface area contributed by atoms with Crippen LogP contribution in [-0.4, -0.2) is 43.0 Å². The molecule has 0 saturated heterocycles. The van der Waals surface area contributed by atoms with Gasteiger partial charge in [0.15, 0.2) is 0 Å². The minimum absolute atomic E-state index is 0.126. The van der Waals surface area contributed by atoms with E-state index < -0.39 is 21.7 Å². The van der Waals surface area contributed by atoms with Gasteiger partial charge < -0.3 is 15.4 Å². The molecule has 1 aromatic heterocycles. The molecule has 0 saturated carbocycles. The van der Waals surface area contributed by atoms with Gasteiger partial charge in [-0.2, -0.15) is 0 Å². The third-order valence-electron chi connectivity index (χ3n) is 2.22. The molecule has 6 nitrogen and oxygen atoms in total. The van der Waals surface area contributed by atoms with Crippen molar-refractivity contribution < 1.29 is 18.3 Å². The number of aromatic amines is 1. The van der Waals surface area contributed by atoms with Gasteiger partial charge in [-0.1, -0.05) is 0 Å². The molecule has 0 bridgehead atoms. The Bertz CT molecular complexity index is 453. The zero-order valence-corrected chi connectivity index (χ0v) is 10.3. The fourth-order valence-corrected chi connectivity index (χ4v) is 2.43. The molecule has 0 aliphatic carbocycles. The van der Waals surface area contributed by atoms with Gasteiger partial charge in [-0.15, -0.1) is 0 Å². The van der Waals surface area contributed by atoms with E-state index in [0.717, 1.165) is 11.9 Å². The first-order chi connectivity index (χ1) is 7.88. The van der Waals surface area contributed by atoms with Crippen molar-refractivity contribution in [2.45, 2.75) is 6.54 Å². The normalized spacial score (nSPS) is 13.5. The Morgan fingerprint density at radius 1 is 1.59 bits per heavy atom. The molecule has 0 amide bonds. The average molecular weight is 260 g/mol. The molecule has 1 unspecified atom stereocenters.